The van der Waals surface area contributed by atoms with Crippen LogP contribution in [0.4, 0.5) is 5.69 Å². The molecule has 0 radical (unpaired) electrons. The molecule has 1 amide bonds. The number of benzene rings is 2. The van der Waals surface area contributed by atoms with E-state index in [2.05, 4.69) is 21.2 Å². The summed E-state index contributed by atoms with van der Waals surface area (Å²) in [5.41, 5.74) is 0.621. The van der Waals surface area contributed by atoms with Crippen molar-refractivity contribution in [3.63, 3.8) is 0 Å². The van der Waals surface area contributed by atoms with Crippen LogP contribution in [-0.4, -0.2) is 19.1 Å². The predicted molar refractivity (Wildman–Crippen MR) is 95.5 cm³/mol. The molecule has 1 atom stereocenters. The lowest BCUT2D eigenvalue weighted by Gasteiger charge is -2.18. The lowest BCUT2D eigenvalue weighted by molar-refractivity contribution is -0.122. The van der Waals surface area contributed by atoms with Crippen LogP contribution in [0.1, 0.15) is 13.3 Å². The lowest BCUT2D eigenvalue weighted by Crippen LogP contribution is -2.32. The molecular weight excluding hydrogens is 382 g/mol. The number of ether oxygens (including phenoxy) is 2. The minimum absolute atomic E-state index is 0.228. The summed E-state index contributed by atoms with van der Waals surface area (Å²) in [5.74, 6) is 1.03. The highest BCUT2D eigenvalue weighted by atomic mass is 79.9. The molecule has 1 N–H and O–H groups in total. The van der Waals surface area contributed by atoms with E-state index >= 15 is 0 Å². The molecule has 0 bridgehead atoms. The standard InChI is InChI=1S/C17H17BrClNO3/c1-3-16(23-13-6-4-5-12(10-13)22-2)17(21)20-11-7-8-14(18)15(19)9-11/h4-10,16H,3H2,1-2H3,(H,20,21)/t16-/m1/s1. The minimum atomic E-state index is -0.607. The van der Waals surface area contributed by atoms with Gasteiger partial charge in [0.1, 0.15) is 11.5 Å². The molecule has 4 nitrogen and oxygen atoms in total. The Morgan fingerprint density at radius 2 is 2.00 bits per heavy atom. The maximum atomic E-state index is 12.4. The highest BCUT2D eigenvalue weighted by Crippen LogP contribution is 2.26. The summed E-state index contributed by atoms with van der Waals surface area (Å²) in [6.07, 6.45) is -0.0719. The Bertz CT molecular complexity index is 693. The summed E-state index contributed by atoms with van der Waals surface area (Å²) in [4.78, 5) is 12.4. The van der Waals surface area contributed by atoms with Crippen LogP contribution in [0.25, 0.3) is 0 Å². The monoisotopic (exact) mass is 397 g/mol. The van der Waals surface area contributed by atoms with Gasteiger partial charge in [-0.3, -0.25) is 4.79 Å². The van der Waals surface area contributed by atoms with Crippen molar-refractivity contribution in [1.82, 2.24) is 0 Å². The van der Waals surface area contributed by atoms with Gasteiger partial charge in [-0.15, -0.1) is 0 Å². The van der Waals surface area contributed by atoms with Gasteiger partial charge in [0.2, 0.25) is 0 Å². The van der Waals surface area contributed by atoms with Gasteiger partial charge in [-0.1, -0.05) is 24.6 Å². The smallest absolute Gasteiger partial charge is 0.265 e. The molecule has 2 rings (SSSR count). The molecule has 0 heterocycles. The highest BCUT2D eigenvalue weighted by Gasteiger charge is 2.19. The first-order chi connectivity index (χ1) is 11.0. The fourth-order valence-corrected chi connectivity index (χ4v) is 2.38. The molecule has 0 saturated heterocycles. The number of amides is 1. The van der Waals surface area contributed by atoms with Crippen molar-refractivity contribution in [1.29, 1.82) is 0 Å². The van der Waals surface area contributed by atoms with E-state index in [9.17, 15) is 4.79 Å². The Morgan fingerprint density at radius 3 is 2.65 bits per heavy atom. The first-order valence-corrected chi connectivity index (χ1v) is 8.27. The number of carbonyl (C=O) groups is 1. The fourth-order valence-electron chi connectivity index (χ4n) is 1.96. The molecule has 2 aromatic carbocycles. The Labute approximate surface area is 148 Å². The summed E-state index contributed by atoms with van der Waals surface area (Å²) < 4.78 is 11.7. The van der Waals surface area contributed by atoms with Crippen LogP contribution >= 0.6 is 27.5 Å². The largest absolute Gasteiger partial charge is 0.497 e. The molecule has 122 valence electrons. The van der Waals surface area contributed by atoms with E-state index in [0.29, 0.717) is 28.6 Å². The summed E-state index contributed by atoms with van der Waals surface area (Å²) in [7, 11) is 1.58. The Hall–Kier alpha value is -1.72. The molecular formula is C17H17BrClNO3. The van der Waals surface area contributed by atoms with Gasteiger partial charge in [0, 0.05) is 16.2 Å². The van der Waals surface area contributed by atoms with Crippen molar-refractivity contribution < 1.29 is 14.3 Å². The molecule has 0 spiro atoms. The third-order valence-corrected chi connectivity index (χ3v) is 4.40. The maximum Gasteiger partial charge on any atom is 0.265 e. The van der Waals surface area contributed by atoms with Crippen LogP contribution < -0.4 is 14.8 Å². The second kappa shape index (κ2) is 8.22. The number of nitrogens with one attached hydrogen (secondary N) is 1. The van der Waals surface area contributed by atoms with Crippen LogP contribution in [-0.2, 0) is 4.79 Å². The fraction of sp³-hybridized carbons (Fsp3) is 0.235. The zero-order valence-electron chi connectivity index (χ0n) is 12.8. The molecule has 6 heteroatoms. The SMILES string of the molecule is CC[C@@H](Oc1cccc(OC)c1)C(=O)Nc1ccc(Br)c(Cl)c1. The normalized spacial score (nSPS) is 11.7. The molecule has 0 aromatic heterocycles. The Kier molecular flexibility index (Phi) is 6.30. The van der Waals surface area contributed by atoms with E-state index in [1.807, 2.05) is 19.1 Å². The van der Waals surface area contributed by atoms with Crippen LogP contribution in [0.3, 0.4) is 0 Å². The van der Waals surface area contributed by atoms with Crippen molar-refractivity contribution in [2.24, 2.45) is 0 Å². The zero-order chi connectivity index (χ0) is 16.8. The lowest BCUT2D eigenvalue weighted by atomic mass is 10.2. The van der Waals surface area contributed by atoms with Crippen molar-refractivity contribution in [3.05, 3.63) is 52.0 Å². The average molecular weight is 399 g/mol. The van der Waals surface area contributed by atoms with Gasteiger partial charge in [0.05, 0.1) is 12.1 Å². The average Bonchev–Trinajstić information content (AvgIpc) is 2.56. The van der Waals surface area contributed by atoms with Gasteiger partial charge >= 0.3 is 0 Å². The third-order valence-electron chi connectivity index (χ3n) is 3.17. The van der Waals surface area contributed by atoms with Crippen LogP contribution in [0.15, 0.2) is 46.9 Å². The predicted octanol–water partition coefficient (Wildman–Crippen LogP) is 4.91. The van der Waals surface area contributed by atoms with Crippen molar-refractivity contribution >= 4 is 39.1 Å². The first-order valence-electron chi connectivity index (χ1n) is 7.10. The number of halogens is 2. The first kappa shape index (κ1) is 17.6. The summed E-state index contributed by atoms with van der Waals surface area (Å²) >= 11 is 9.35. The number of hydrogen-bond acceptors (Lipinski definition) is 3. The maximum absolute atomic E-state index is 12.4. The van der Waals surface area contributed by atoms with E-state index in [0.717, 1.165) is 4.47 Å². The zero-order valence-corrected chi connectivity index (χ0v) is 15.1. The Morgan fingerprint density at radius 1 is 1.26 bits per heavy atom. The second-order valence-corrected chi connectivity index (χ2v) is 6.07. The highest BCUT2D eigenvalue weighted by molar-refractivity contribution is 9.10. The molecule has 0 aliphatic heterocycles. The molecule has 0 fully saturated rings. The molecule has 0 unspecified atom stereocenters. The van der Waals surface area contributed by atoms with E-state index in [1.54, 1.807) is 37.4 Å². The van der Waals surface area contributed by atoms with Crippen LogP contribution in [0.5, 0.6) is 11.5 Å². The quantitative estimate of drug-likeness (QED) is 0.752. The minimum Gasteiger partial charge on any atom is -0.497 e. The topological polar surface area (TPSA) is 47.6 Å². The van der Waals surface area contributed by atoms with Gasteiger partial charge in [-0.05, 0) is 52.7 Å². The molecule has 0 saturated carbocycles. The number of rotatable bonds is 6. The molecule has 2 aromatic rings. The van der Waals surface area contributed by atoms with Crippen LogP contribution in [0.2, 0.25) is 5.02 Å². The number of carbonyl (C=O) groups excluding carboxylic acids is 1. The molecule has 23 heavy (non-hydrogen) atoms. The third kappa shape index (κ3) is 4.88. The number of anilines is 1. The van der Waals surface area contributed by atoms with Gasteiger partial charge < -0.3 is 14.8 Å². The van der Waals surface area contributed by atoms with Gasteiger partial charge in [0.25, 0.3) is 5.91 Å². The second-order valence-electron chi connectivity index (χ2n) is 4.81. The Balaban J connectivity index is 2.07. The summed E-state index contributed by atoms with van der Waals surface area (Å²) in [6, 6.07) is 12.4. The van der Waals surface area contributed by atoms with E-state index in [1.165, 1.54) is 0 Å². The van der Waals surface area contributed by atoms with Gasteiger partial charge in [-0.25, -0.2) is 0 Å². The van der Waals surface area contributed by atoms with Gasteiger partial charge in [-0.2, -0.15) is 0 Å². The molecule has 0 aliphatic carbocycles. The van der Waals surface area contributed by atoms with Crippen molar-refractivity contribution in [2.45, 2.75) is 19.4 Å². The number of methoxy groups -OCH3 is 1. The van der Waals surface area contributed by atoms with E-state index in [-0.39, 0.29) is 5.91 Å². The van der Waals surface area contributed by atoms with Crippen molar-refractivity contribution in [3.8, 4) is 11.5 Å². The summed E-state index contributed by atoms with van der Waals surface area (Å²) in [5, 5.41) is 3.34. The number of hydrogen-bond donors (Lipinski definition) is 1. The molecule has 0 aliphatic rings. The van der Waals surface area contributed by atoms with Gasteiger partial charge in [0.15, 0.2) is 6.10 Å². The van der Waals surface area contributed by atoms with E-state index in [4.69, 9.17) is 21.1 Å². The summed E-state index contributed by atoms with van der Waals surface area (Å²) in [6.45, 7) is 1.89. The van der Waals surface area contributed by atoms with Crippen molar-refractivity contribution in [2.75, 3.05) is 12.4 Å². The van der Waals surface area contributed by atoms with Crippen LogP contribution in [0, 0.1) is 0 Å². The van der Waals surface area contributed by atoms with E-state index < -0.39 is 6.10 Å².